The molecular formula is C27H31FN4O3. The van der Waals surface area contributed by atoms with Crippen molar-refractivity contribution >= 4 is 11.6 Å². The van der Waals surface area contributed by atoms with Gasteiger partial charge in [0.1, 0.15) is 17.7 Å². The van der Waals surface area contributed by atoms with Gasteiger partial charge >= 0.3 is 0 Å². The summed E-state index contributed by atoms with van der Waals surface area (Å²) in [6.45, 7) is 2.00. The lowest BCUT2D eigenvalue weighted by Crippen LogP contribution is -2.33. The molecule has 2 heterocycles. The van der Waals surface area contributed by atoms with Crippen LogP contribution in [0.25, 0.3) is 0 Å². The minimum atomic E-state index is -0.402. The van der Waals surface area contributed by atoms with Crippen LogP contribution in [0.15, 0.2) is 60.8 Å². The maximum atomic E-state index is 15.2. The average molecular weight is 479 g/mol. The van der Waals surface area contributed by atoms with Crippen molar-refractivity contribution in [2.75, 3.05) is 45.7 Å². The molecule has 1 amide bonds. The highest BCUT2D eigenvalue weighted by molar-refractivity contribution is 6.00. The largest absolute Gasteiger partial charge is 0.486 e. The lowest BCUT2D eigenvalue weighted by atomic mass is 10.1. The Bertz CT molecular complexity index is 1160. The lowest BCUT2D eigenvalue weighted by molar-refractivity contribution is 0.0753. The zero-order valence-electron chi connectivity index (χ0n) is 20.3. The Balaban J connectivity index is 1.52. The molecule has 0 saturated heterocycles. The highest BCUT2D eigenvalue weighted by Gasteiger charge is 2.27. The Kier molecular flexibility index (Phi) is 7.82. The first kappa shape index (κ1) is 24.5. The number of methoxy groups -OCH3 is 1. The maximum Gasteiger partial charge on any atom is 0.256 e. The first-order chi connectivity index (χ1) is 17.0. The smallest absolute Gasteiger partial charge is 0.256 e. The van der Waals surface area contributed by atoms with E-state index < -0.39 is 5.82 Å². The number of likely N-dealkylation sites (N-methyl/N-ethyl adjacent to an activating group) is 1. The van der Waals surface area contributed by atoms with Crippen molar-refractivity contribution in [1.29, 1.82) is 0 Å². The number of hydrogen-bond donors (Lipinski definition) is 1. The van der Waals surface area contributed by atoms with Crippen molar-refractivity contribution in [3.63, 3.8) is 0 Å². The van der Waals surface area contributed by atoms with Crippen molar-refractivity contribution in [2.45, 2.75) is 19.1 Å². The molecule has 8 heteroatoms. The van der Waals surface area contributed by atoms with Gasteiger partial charge in [0.25, 0.3) is 5.91 Å². The number of hydrogen-bond acceptors (Lipinski definition) is 6. The molecule has 0 aliphatic carbocycles. The molecular weight excluding hydrogens is 447 g/mol. The van der Waals surface area contributed by atoms with Crippen LogP contribution in [0, 0.1) is 5.82 Å². The number of amides is 1. The van der Waals surface area contributed by atoms with Gasteiger partial charge in [-0.3, -0.25) is 4.79 Å². The van der Waals surface area contributed by atoms with E-state index >= 15 is 4.39 Å². The molecule has 0 spiro atoms. The molecule has 1 atom stereocenters. The van der Waals surface area contributed by atoms with Crippen molar-refractivity contribution in [1.82, 2.24) is 15.2 Å². The van der Waals surface area contributed by atoms with Crippen LogP contribution in [0.1, 0.15) is 34.0 Å². The molecule has 1 aromatic heterocycles. The summed E-state index contributed by atoms with van der Waals surface area (Å²) in [6, 6.07) is 16.4. The van der Waals surface area contributed by atoms with Gasteiger partial charge in [-0.15, -0.1) is 0 Å². The normalized spacial score (nSPS) is 14.3. The second-order valence-electron chi connectivity index (χ2n) is 8.55. The molecule has 3 aromatic rings. The van der Waals surface area contributed by atoms with Crippen molar-refractivity contribution < 1.29 is 18.7 Å². The first-order valence-corrected chi connectivity index (χ1v) is 11.7. The van der Waals surface area contributed by atoms with E-state index in [2.05, 4.69) is 10.3 Å². The van der Waals surface area contributed by atoms with Gasteiger partial charge in [-0.1, -0.05) is 36.4 Å². The molecule has 1 N–H and O–H groups in total. The summed E-state index contributed by atoms with van der Waals surface area (Å²) in [5, 5.41) is 3.14. The number of nitrogens with zero attached hydrogens (tertiary/aromatic N) is 3. The Morgan fingerprint density at radius 1 is 1.14 bits per heavy atom. The van der Waals surface area contributed by atoms with Gasteiger partial charge in [0, 0.05) is 50.8 Å². The van der Waals surface area contributed by atoms with Gasteiger partial charge in [0.15, 0.2) is 0 Å². The fourth-order valence-electron chi connectivity index (χ4n) is 4.17. The third-order valence-electron chi connectivity index (χ3n) is 6.19. The van der Waals surface area contributed by atoms with E-state index in [9.17, 15) is 4.79 Å². The van der Waals surface area contributed by atoms with Crippen LogP contribution in [0.4, 0.5) is 10.1 Å². The first-order valence-electron chi connectivity index (χ1n) is 11.7. The summed E-state index contributed by atoms with van der Waals surface area (Å²) in [4.78, 5) is 21.1. The highest BCUT2D eigenvalue weighted by Crippen LogP contribution is 2.29. The second-order valence-corrected chi connectivity index (χ2v) is 8.55. The van der Waals surface area contributed by atoms with Gasteiger partial charge in [0.2, 0.25) is 5.88 Å². The van der Waals surface area contributed by atoms with Crippen LogP contribution in [-0.4, -0.2) is 56.6 Å². The minimum absolute atomic E-state index is 0.157. The molecule has 0 radical (unpaired) electrons. The van der Waals surface area contributed by atoms with Crippen LogP contribution in [-0.2, 0) is 6.54 Å². The van der Waals surface area contributed by atoms with E-state index in [0.717, 1.165) is 24.2 Å². The van der Waals surface area contributed by atoms with Gasteiger partial charge in [-0.2, -0.15) is 0 Å². The van der Waals surface area contributed by atoms with Gasteiger partial charge < -0.3 is 24.6 Å². The molecule has 0 saturated carbocycles. The standard InChI is InChI=1S/C27H31FN4O3/c1-29-12-11-25(19-7-5-4-6-8-19)35-21-10-9-20(23(28)15-21)18-32-14-13-31(2)24-17-30-26(34-3)16-22(24)27(32)33/h4-10,15-17,25,29H,11-14,18H2,1-3H3. The summed E-state index contributed by atoms with van der Waals surface area (Å²) < 4.78 is 26.5. The fourth-order valence-corrected chi connectivity index (χ4v) is 4.17. The third-order valence-corrected chi connectivity index (χ3v) is 6.19. The van der Waals surface area contributed by atoms with Gasteiger partial charge in [-0.05, 0) is 25.2 Å². The maximum absolute atomic E-state index is 15.2. The van der Waals surface area contributed by atoms with Gasteiger partial charge in [-0.25, -0.2) is 9.37 Å². The molecule has 1 unspecified atom stereocenters. The van der Waals surface area contributed by atoms with Gasteiger partial charge in [0.05, 0.1) is 24.6 Å². The summed E-state index contributed by atoms with van der Waals surface area (Å²) in [6.07, 6.45) is 2.19. The second kappa shape index (κ2) is 11.2. The topological polar surface area (TPSA) is 66.9 Å². The Hall–Kier alpha value is -3.65. The molecule has 184 valence electrons. The number of carbonyl (C=O) groups is 1. The molecule has 7 nitrogen and oxygen atoms in total. The van der Waals surface area contributed by atoms with E-state index in [4.69, 9.17) is 9.47 Å². The van der Waals surface area contributed by atoms with Crippen molar-refractivity contribution in [2.24, 2.45) is 0 Å². The van der Waals surface area contributed by atoms with Crippen LogP contribution in [0.2, 0.25) is 0 Å². The lowest BCUT2D eigenvalue weighted by Gasteiger charge is -2.23. The molecule has 0 bridgehead atoms. The number of halogens is 1. The fraction of sp³-hybridized carbons (Fsp3) is 0.333. The zero-order valence-corrected chi connectivity index (χ0v) is 20.3. The predicted octanol–water partition coefficient (Wildman–Crippen LogP) is 4.05. The molecule has 2 aromatic carbocycles. The van der Waals surface area contributed by atoms with Crippen LogP contribution >= 0.6 is 0 Å². The summed E-state index contributed by atoms with van der Waals surface area (Å²) in [5.41, 5.74) is 2.70. The molecule has 1 aliphatic heterocycles. The van der Waals surface area contributed by atoms with E-state index in [-0.39, 0.29) is 18.6 Å². The number of pyridine rings is 1. The number of ether oxygens (including phenoxy) is 2. The Labute approximate surface area is 205 Å². The number of carbonyl (C=O) groups excluding carboxylic acids is 1. The quantitative estimate of drug-likeness (QED) is 0.501. The van der Waals surface area contributed by atoms with Crippen molar-refractivity contribution in [3.05, 3.63) is 83.3 Å². The number of aromatic nitrogens is 1. The third kappa shape index (κ3) is 5.71. The van der Waals surface area contributed by atoms with E-state index in [0.29, 0.717) is 35.8 Å². The van der Waals surface area contributed by atoms with E-state index in [1.165, 1.54) is 13.2 Å². The summed E-state index contributed by atoms with van der Waals surface area (Å²) >= 11 is 0. The summed E-state index contributed by atoms with van der Waals surface area (Å²) in [7, 11) is 5.31. The van der Waals surface area contributed by atoms with Crippen LogP contribution < -0.4 is 19.7 Å². The minimum Gasteiger partial charge on any atom is -0.486 e. The number of anilines is 1. The van der Waals surface area contributed by atoms with E-state index in [1.54, 1.807) is 29.3 Å². The summed E-state index contributed by atoms with van der Waals surface area (Å²) in [5.74, 6) is 0.243. The van der Waals surface area contributed by atoms with Crippen LogP contribution in [0.3, 0.4) is 0 Å². The number of rotatable bonds is 9. The predicted molar refractivity (Wildman–Crippen MR) is 134 cm³/mol. The number of fused-ring (bicyclic) bond motifs is 1. The SMILES string of the molecule is CNCCC(Oc1ccc(CN2CCN(C)c3cnc(OC)cc3C2=O)c(F)c1)c1ccccc1. The molecule has 35 heavy (non-hydrogen) atoms. The van der Waals surface area contributed by atoms with Crippen molar-refractivity contribution in [3.8, 4) is 11.6 Å². The molecule has 0 fully saturated rings. The van der Waals surface area contributed by atoms with E-state index in [1.807, 2.05) is 49.3 Å². The Morgan fingerprint density at radius 3 is 2.66 bits per heavy atom. The monoisotopic (exact) mass is 478 g/mol. The highest BCUT2D eigenvalue weighted by atomic mass is 19.1. The average Bonchev–Trinajstić information content (AvgIpc) is 3.00. The van der Waals surface area contributed by atoms with Crippen LogP contribution in [0.5, 0.6) is 11.6 Å². The zero-order chi connectivity index (χ0) is 24.8. The molecule has 4 rings (SSSR count). The Morgan fingerprint density at radius 2 is 1.94 bits per heavy atom. The molecule has 1 aliphatic rings. The number of nitrogens with one attached hydrogen (secondary N) is 1. The number of benzene rings is 2.